The van der Waals surface area contributed by atoms with Crippen LogP contribution in [0.4, 0.5) is 5.82 Å². The molecule has 0 saturated carbocycles. The monoisotopic (exact) mass is 337 g/mol. The number of benzene rings is 2. The van der Waals surface area contributed by atoms with Crippen molar-refractivity contribution in [3.8, 4) is 17.2 Å². The Hall–Kier alpha value is -3.02. The van der Waals surface area contributed by atoms with E-state index in [1.165, 1.54) is 0 Å². The topological polar surface area (TPSA) is 65.5 Å². The van der Waals surface area contributed by atoms with Gasteiger partial charge in [0.1, 0.15) is 5.75 Å². The van der Waals surface area contributed by atoms with Gasteiger partial charge in [0.15, 0.2) is 17.3 Å². The van der Waals surface area contributed by atoms with Crippen molar-refractivity contribution >= 4 is 16.6 Å². The van der Waals surface area contributed by atoms with Gasteiger partial charge in [0.2, 0.25) is 6.79 Å². The highest BCUT2D eigenvalue weighted by atomic mass is 16.7. The van der Waals surface area contributed by atoms with Gasteiger partial charge in [0.25, 0.3) is 0 Å². The lowest BCUT2D eigenvalue weighted by molar-refractivity contribution is 0.174. The molecule has 2 heterocycles. The predicted octanol–water partition coefficient (Wildman–Crippen LogP) is 3.60. The zero-order valence-electron chi connectivity index (χ0n) is 14.4. The Labute approximate surface area is 145 Å². The van der Waals surface area contributed by atoms with Crippen LogP contribution in [0.15, 0.2) is 30.5 Å². The Morgan fingerprint density at radius 1 is 1.12 bits per heavy atom. The third-order valence-corrected chi connectivity index (χ3v) is 4.53. The fraction of sp³-hybridized carbons (Fsp3) is 0.263. The van der Waals surface area contributed by atoms with Crippen LogP contribution in [0.25, 0.3) is 10.8 Å². The number of anilines is 1. The molecule has 0 saturated heterocycles. The quantitative estimate of drug-likeness (QED) is 0.785. The Morgan fingerprint density at radius 2 is 1.96 bits per heavy atom. The van der Waals surface area contributed by atoms with E-state index in [1.807, 2.05) is 25.1 Å². The zero-order chi connectivity index (χ0) is 17.4. The van der Waals surface area contributed by atoms with Gasteiger partial charge < -0.3 is 19.5 Å². The number of aryl methyl sites for hydroxylation is 1. The number of hydrogen-bond donors (Lipinski definition) is 1. The number of fused-ring (bicyclic) bond motifs is 2. The maximum Gasteiger partial charge on any atom is 0.231 e. The summed E-state index contributed by atoms with van der Waals surface area (Å²) in [5, 5.41) is 13.7. The van der Waals surface area contributed by atoms with E-state index in [-0.39, 0.29) is 6.79 Å². The van der Waals surface area contributed by atoms with Crippen molar-refractivity contribution in [1.82, 2.24) is 10.2 Å². The third-order valence-electron chi connectivity index (χ3n) is 4.53. The van der Waals surface area contributed by atoms with Crippen LogP contribution in [0, 0.1) is 13.8 Å². The van der Waals surface area contributed by atoms with E-state index in [0.717, 1.165) is 50.5 Å². The van der Waals surface area contributed by atoms with Gasteiger partial charge in [-0.2, -0.15) is 5.10 Å². The molecular weight excluding hydrogens is 318 g/mol. The summed E-state index contributed by atoms with van der Waals surface area (Å²) in [5.41, 5.74) is 3.35. The number of rotatable bonds is 4. The highest BCUT2D eigenvalue weighted by molar-refractivity contribution is 5.96. The second-order valence-electron chi connectivity index (χ2n) is 6.05. The minimum atomic E-state index is 0.277. The lowest BCUT2D eigenvalue weighted by Gasteiger charge is -2.14. The first-order valence-electron chi connectivity index (χ1n) is 8.09. The molecule has 3 aromatic rings. The van der Waals surface area contributed by atoms with Gasteiger partial charge in [-0.25, -0.2) is 0 Å². The van der Waals surface area contributed by atoms with E-state index in [4.69, 9.17) is 14.2 Å². The molecule has 0 amide bonds. The van der Waals surface area contributed by atoms with Crippen molar-refractivity contribution < 1.29 is 14.2 Å². The zero-order valence-corrected chi connectivity index (χ0v) is 14.4. The first-order valence-corrected chi connectivity index (χ1v) is 8.09. The molecule has 6 nitrogen and oxygen atoms in total. The van der Waals surface area contributed by atoms with Crippen LogP contribution in [-0.4, -0.2) is 24.1 Å². The lowest BCUT2D eigenvalue weighted by Crippen LogP contribution is -2.04. The highest BCUT2D eigenvalue weighted by Crippen LogP contribution is 2.35. The number of nitrogens with one attached hydrogen (secondary N) is 1. The Morgan fingerprint density at radius 3 is 2.80 bits per heavy atom. The van der Waals surface area contributed by atoms with E-state index < -0.39 is 0 Å². The molecule has 25 heavy (non-hydrogen) atoms. The van der Waals surface area contributed by atoms with E-state index >= 15 is 0 Å². The summed E-state index contributed by atoms with van der Waals surface area (Å²) in [6, 6.07) is 8.02. The van der Waals surface area contributed by atoms with Gasteiger partial charge in [-0.15, -0.1) is 5.10 Å². The second-order valence-corrected chi connectivity index (χ2v) is 6.05. The summed E-state index contributed by atoms with van der Waals surface area (Å²) in [7, 11) is 1.68. The summed E-state index contributed by atoms with van der Waals surface area (Å²) >= 11 is 0. The summed E-state index contributed by atoms with van der Waals surface area (Å²) < 4.78 is 16.4. The predicted molar refractivity (Wildman–Crippen MR) is 95.5 cm³/mol. The van der Waals surface area contributed by atoms with E-state index in [9.17, 15) is 0 Å². The van der Waals surface area contributed by atoms with E-state index in [1.54, 1.807) is 13.3 Å². The first-order chi connectivity index (χ1) is 12.2. The fourth-order valence-corrected chi connectivity index (χ4v) is 3.06. The molecule has 1 N–H and O–H groups in total. The number of aromatic nitrogens is 2. The lowest BCUT2D eigenvalue weighted by atomic mass is 10.0. The van der Waals surface area contributed by atoms with Gasteiger partial charge in [0.05, 0.1) is 13.3 Å². The summed E-state index contributed by atoms with van der Waals surface area (Å²) in [4.78, 5) is 0. The number of methoxy groups -OCH3 is 1. The number of ether oxygens (including phenoxy) is 3. The first kappa shape index (κ1) is 15.5. The molecule has 128 valence electrons. The molecule has 0 aliphatic carbocycles. The second kappa shape index (κ2) is 6.12. The Kier molecular flexibility index (Phi) is 3.80. The van der Waals surface area contributed by atoms with E-state index in [0.29, 0.717) is 6.54 Å². The molecule has 1 aliphatic rings. The minimum Gasteiger partial charge on any atom is -0.496 e. The molecule has 0 atom stereocenters. The maximum atomic E-state index is 5.58. The molecule has 1 aromatic heterocycles. The average Bonchev–Trinajstić information content (AvgIpc) is 3.09. The molecule has 0 fully saturated rings. The van der Waals surface area contributed by atoms with Gasteiger partial charge in [0, 0.05) is 17.3 Å². The molecule has 4 rings (SSSR count). The van der Waals surface area contributed by atoms with Crippen molar-refractivity contribution in [2.24, 2.45) is 0 Å². The van der Waals surface area contributed by atoms with Gasteiger partial charge >= 0.3 is 0 Å². The van der Waals surface area contributed by atoms with Crippen molar-refractivity contribution in [2.75, 3.05) is 19.2 Å². The highest BCUT2D eigenvalue weighted by Gasteiger charge is 2.15. The van der Waals surface area contributed by atoms with Crippen LogP contribution in [-0.2, 0) is 6.54 Å². The van der Waals surface area contributed by atoms with Crippen LogP contribution in [0.3, 0.4) is 0 Å². The van der Waals surface area contributed by atoms with Gasteiger partial charge in [-0.05, 0) is 48.7 Å². The molecule has 0 unspecified atom stereocenters. The van der Waals surface area contributed by atoms with Crippen molar-refractivity contribution in [3.63, 3.8) is 0 Å². The average molecular weight is 337 g/mol. The minimum absolute atomic E-state index is 0.277. The van der Waals surface area contributed by atoms with Crippen LogP contribution >= 0.6 is 0 Å². The molecule has 0 bridgehead atoms. The molecule has 0 radical (unpaired) electrons. The third kappa shape index (κ3) is 2.69. The van der Waals surface area contributed by atoms with Gasteiger partial charge in [-0.3, -0.25) is 0 Å². The summed E-state index contributed by atoms with van der Waals surface area (Å²) in [6.07, 6.45) is 1.74. The number of nitrogens with zero attached hydrogens (tertiary/aromatic N) is 2. The van der Waals surface area contributed by atoms with Crippen LogP contribution in [0.2, 0.25) is 0 Å². The largest absolute Gasteiger partial charge is 0.496 e. The van der Waals surface area contributed by atoms with E-state index in [2.05, 4.69) is 28.5 Å². The van der Waals surface area contributed by atoms with Crippen molar-refractivity contribution in [3.05, 3.63) is 47.2 Å². The fourth-order valence-electron chi connectivity index (χ4n) is 3.06. The summed E-state index contributed by atoms with van der Waals surface area (Å²) in [5.74, 6) is 3.13. The molecule has 2 aromatic carbocycles. The smallest absolute Gasteiger partial charge is 0.231 e. The van der Waals surface area contributed by atoms with Crippen LogP contribution in [0.5, 0.6) is 17.2 Å². The van der Waals surface area contributed by atoms with Crippen LogP contribution in [0.1, 0.15) is 16.7 Å². The van der Waals surface area contributed by atoms with Gasteiger partial charge in [-0.1, -0.05) is 6.07 Å². The molecule has 1 aliphatic heterocycles. The molecule has 0 spiro atoms. The van der Waals surface area contributed by atoms with Crippen molar-refractivity contribution in [2.45, 2.75) is 20.4 Å². The Bertz CT molecular complexity index is 956. The maximum absolute atomic E-state index is 5.58. The summed E-state index contributed by atoms with van der Waals surface area (Å²) in [6.45, 7) is 5.01. The number of hydrogen-bond acceptors (Lipinski definition) is 6. The van der Waals surface area contributed by atoms with Crippen LogP contribution < -0.4 is 19.5 Å². The SMILES string of the molecule is COc1c(C)c(C)cc2c(NCc3ccc4c(c3)OCO4)nncc12. The molecular formula is C19H19N3O3. The normalized spacial score (nSPS) is 12.4. The molecule has 6 heteroatoms. The standard InChI is InChI=1S/C19H19N3O3/c1-11-6-14-15(18(23-3)12(11)2)9-21-22-19(14)20-8-13-4-5-16-17(7-13)25-10-24-16/h4-7,9H,8,10H2,1-3H3,(H,20,22). The Balaban J connectivity index is 1.66. The van der Waals surface area contributed by atoms with Crippen molar-refractivity contribution in [1.29, 1.82) is 0 Å².